The summed E-state index contributed by atoms with van der Waals surface area (Å²) >= 11 is 3.42. The van der Waals surface area contributed by atoms with Gasteiger partial charge in [-0.05, 0) is 38.0 Å². The number of nitrogens with one attached hydrogen (secondary N) is 1. The quantitative estimate of drug-likeness (QED) is 0.665. The van der Waals surface area contributed by atoms with Gasteiger partial charge < -0.3 is 5.32 Å². The Kier molecular flexibility index (Phi) is 5.26. The minimum absolute atomic E-state index is 0.0108. The molecule has 1 aromatic rings. The third-order valence-electron chi connectivity index (χ3n) is 2.34. The Morgan fingerprint density at radius 2 is 2.25 bits per heavy atom. The van der Waals surface area contributed by atoms with Gasteiger partial charge in [0.15, 0.2) is 0 Å². The highest BCUT2D eigenvalue weighted by Crippen LogP contribution is 2.19. The Bertz CT molecular complexity index is 399. The summed E-state index contributed by atoms with van der Waals surface area (Å²) in [5.41, 5.74) is 1.71. The molecule has 2 nitrogen and oxygen atoms in total. The summed E-state index contributed by atoms with van der Waals surface area (Å²) < 4.78 is 0.966. The first-order valence-corrected chi connectivity index (χ1v) is 6.10. The number of allylic oxidation sites excluding steroid dienone is 1. The molecule has 0 saturated carbocycles. The van der Waals surface area contributed by atoms with Crippen LogP contribution in [0.25, 0.3) is 0 Å². The van der Waals surface area contributed by atoms with E-state index < -0.39 is 0 Å². The van der Waals surface area contributed by atoms with Crippen LogP contribution in [0.5, 0.6) is 0 Å². The fourth-order valence-corrected chi connectivity index (χ4v) is 1.75. The number of benzene rings is 1. The van der Waals surface area contributed by atoms with Crippen molar-refractivity contribution in [3.05, 3.63) is 46.0 Å². The molecule has 3 heteroatoms. The van der Waals surface area contributed by atoms with Crippen molar-refractivity contribution in [3.8, 4) is 0 Å². The third kappa shape index (κ3) is 3.49. The summed E-state index contributed by atoms with van der Waals surface area (Å²) in [6.45, 7) is 4.58. The number of carbonyl (C=O) groups excluding carboxylic acids is 1. The van der Waals surface area contributed by atoms with Crippen LogP contribution in [0.1, 0.15) is 29.3 Å². The number of halogens is 1. The van der Waals surface area contributed by atoms with Gasteiger partial charge >= 0.3 is 0 Å². The van der Waals surface area contributed by atoms with Crippen LogP contribution in [0.2, 0.25) is 0 Å². The first-order valence-electron chi connectivity index (χ1n) is 5.31. The van der Waals surface area contributed by atoms with E-state index >= 15 is 0 Å². The van der Waals surface area contributed by atoms with E-state index in [0.29, 0.717) is 6.54 Å². The molecule has 0 bridgehead atoms. The van der Waals surface area contributed by atoms with Gasteiger partial charge in [-0.2, -0.15) is 0 Å². The molecule has 1 aromatic carbocycles. The van der Waals surface area contributed by atoms with Gasteiger partial charge in [-0.25, -0.2) is 0 Å². The number of hydrogen-bond acceptors (Lipinski definition) is 1. The normalized spacial score (nSPS) is 10.7. The lowest BCUT2D eigenvalue weighted by Gasteiger charge is -2.07. The summed E-state index contributed by atoms with van der Waals surface area (Å²) in [6, 6.07) is 5.65. The zero-order valence-electron chi connectivity index (χ0n) is 9.59. The van der Waals surface area contributed by atoms with E-state index in [0.717, 1.165) is 22.0 Å². The van der Waals surface area contributed by atoms with Gasteiger partial charge in [0.05, 0.1) is 0 Å². The number of hydrogen-bond donors (Lipinski definition) is 1. The van der Waals surface area contributed by atoms with Crippen LogP contribution in [-0.4, -0.2) is 12.5 Å². The van der Waals surface area contributed by atoms with Gasteiger partial charge in [-0.3, -0.25) is 4.79 Å². The van der Waals surface area contributed by atoms with Gasteiger partial charge in [0, 0.05) is 16.6 Å². The van der Waals surface area contributed by atoms with Crippen LogP contribution in [-0.2, 0) is 0 Å². The molecule has 16 heavy (non-hydrogen) atoms. The van der Waals surface area contributed by atoms with Crippen LogP contribution in [0, 0.1) is 6.92 Å². The smallest absolute Gasteiger partial charge is 0.251 e. The summed E-state index contributed by atoms with van der Waals surface area (Å²) in [5.74, 6) is -0.0108. The molecule has 0 aliphatic rings. The Hall–Kier alpha value is -1.09. The van der Waals surface area contributed by atoms with Crippen LogP contribution < -0.4 is 5.32 Å². The highest BCUT2D eigenvalue weighted by atomic mass is 79.9. The van der Waals surface area contributed by atoms with E-state index in [-0.39, 0.29) is 5.91 Å². The molecule has 0 heterocycles. The molecule has 86 valence electrons. The minimum atomic E-state index is -0.0108. The van der Waals surface area contributed by atoms with Crippen molar-refractivity contribution in [2.24, 2.45) is 0 Å². The van der Waals surface area contributed by atoms with Crippen molar-refractivity contribution in [3.63, 3.8) is 0 Å². The molecule has 0 atom stereocenters. The second-order valence-electron chi connectivity index (χ2n) is 3.53. The molecule has 0 aromatic heterocycles. The average molecular weight is 282 g/mol. The second-order valence-corrected chi connectivity index (χ2v) is 4.38. The summed E-state index contributed by atoms with van der Waals surface area (Å²) in [5, 5.41) is 2.89. The zero-order chi connectivity index (χ0) is 12.0. The predicted molar refractivity (Wildman–Crippen MR) is 70.6 cm³/mol. The Balaban J connectivity index is 2.63. The second kappa shape index (κ2) is 6.48. The van der Waals surface area contributed by atoms with E-state index in [2.05, 4.69) is 21.2 Å². The molecule has 0 aliphatic carbocycles. The van der Waals surface area contributed by atoms with E-state index in [1.165, 1.54) is 0 Å². The van der Waals surface area contributed by atoms with Crippen molar-refractivity contribution in [1.29, 1.82) is 0 Å². The molecular weight excluding hydrogens is 266 g/mol. The van der Waals surface area contributed by atoms with Crippen LogP contribution in [0.15, 0.2) is 34.8 Å². The van der Waals surface area contributed by atoms with Crippen LogP contribution in [0.3, 0.4) is 0 Å². The summed E-state index contributed by atoms with van der Waals surface area (Å²) in [7, 11) is 0. The van der Waals surface area contributed by atoms with E-state index in [1.807, 2.05) is 44.2 Å². The molecule has 1 rings (SSSR count). The van der Waals surface area contributed by atoms with E-state index in [4.69, 9.17) is 0 Å². The fraction of sp³-hybridized carbons (Fsp3) is 0.308. The summed E-state index contributed by atoms with van der Waals surface area (Å²) in [6.07, 6.45) is 4.89. The lowest BCUT2D eigenvalue weighted by atomic mass is 10.1. The lowest BCUT2D eigenvalue weighted by molar-refractivity contribution is 0.0953. The topological polar surface area (TPSA) is 29.1 Å². The van der Waals surface area contributed by atoms with Gasteiger partial charge in [-0.15, -0.1) is 0 Å². The average Bonchev–Trinajstić information content (AvgIpc) is 2.28. The standard InChI is InChI=1S/C13H16BrNO/c1-3-4-5-9-15-13(16)11-7-6-8-12(14)10(11)2/h3-4,6-8H,5,9H2,1-2H3,(H,15,16)/b4-3+. The molecule has 0 fully saturated rings. The largest absolute Gasteiger partial charge is 0.352 e. The molecule has 1 N–H and O–H groups in total. The van der Waals surface area contributed by atoms with Crippen molar-refractivity contribution >= 4 is 21.8 Å². The van der Waals surface area contributed by atoms with Crippen LogP contribution >= 0.6 is 15.9 Å². The fourth-order valence-electron chi connectivity index (χ4n) is 1.38. The Morgan fingerprint density at radius 1 is 1.50 bits per heavy atom. The predicted octanol–water partition coefficient (Wildman–Crippen LogP) is 3.45. The number of carbonyl (C=O) groups is 1. The van der Waals surface area contributed by atoms with E-state index in [1.54, 1.807) is 0 Å². The maximum Gasteiger partial charge on any atom is 0.251 e. The molecule has 0 saturated heterocycles. The first kappa shape index (κ1) is 13.0. The van der Waals surface area contributed by atoms with Gasteiger partial charge in [0.2, 0.25) is 0 Å². The zero-order valence-corrected chi connectivity index (χ0v) is 11.2. The first-order chi connectivity index (χ1) is 7.66. The molecule has 0 unspecified atom stereocenters. The molecule has 1 amide bonds. The van der Waals surface area contributed by atoms with Crippen molar-refractivity contribution in [2.45, 2.75) is 20.3 Å². The van der Waals surface area contributed by atoms with Gasteiger partial charge in [0.25, 0.3) is 5.91 Å². The molecule has 0 aliphatic heterocycles. The monoisotopic (exact) mass is 281 g/mol. The SMILES string of the molecule is C/C=C/CCNC(=O)c1cccc(Br)c1C. The molecular formula is C13H16BrNO. The Morgan fingerprint density at radius 3 is 2.94 bits per heavy atom. The highest BCUT2D eigenvalue weighted by Gasteiger charge is 2.09. The maximum atomic E-state index is 11.8. The molecule has 0 radical (unpaired) electrons. The van der Waals surface area contributed by atoms with Gasteiger partial charge in [0.1, 0.15) is 0 Å². The number of rotatable bonds is 4. The highest BCUT2D eigenvalue weighted by molar-refractivity contribution is 9.10. The van der Waals surface area contributed by atoms with Crippen molar-refractivity contribution < 1.29 is 4.79 Å². The van der Waals surface area contributed by atoms with Crippen molar-refractivity contribution in [2.75, 3.05) is 6.54 Å². The van der Waals surface area contributed by atoms with Crippen LogP contribution in [0.4, 0.5) is 0 Å². The minimum Gasteiger partial charge on any atom is -0.352 e. The Labute approximate surface area is 105 Å². The van der Waals surface area contributed by atoms with E-state index in [9.17, 15) is 4.79 Å². The number of amides is 1. The molecule has 0 spiro atoms. The summed E-state index contributed by atoms with van der Waals surface area (Å²) in [4.78, 5) is 11.8. The van der Waals surface area contributed by atoms with Crippen molar-refractivity contribution in [1.82, 2.24) is 5.32 Å². The lowest BCUT2D eigenvalue weighted by Crippen LogP contribution is -2.24. The van der Waals surface area contributed by atoms with Gasteiger partial charge in [-0.1, -0.05) is 34.1 Å². The maximum absolute atomic E-state index is 11.8. The third-order valence-corrected chi connectivity index (χ3v) is 3.20.